The van der Waals surface area contributed by atoms with Crippen LogP contribution in [-0.4, -0.2) is 62.3 Å². The van der Waals surface area contributed by atoms with Crippen LogP contribution < -0.4 is 10.6 Å². The highest BCUT2D eigenvalue weighted by molar-refractivity contribution is 6.06. The van der Waals surface area contributed by atoms with Crippen molar-refractivity contribution in [3.63, 3.8) is 0 Å². The molecule has 0 spiro atoms. The number of aromatic nitrogens is 3. The summed E-state index contributed by atoms with van der Waals surface area (Å²) in [6.07, 6.45) is 3.96. The van der Waals surface area contributed by atoms with Gasteiger partial charge < -0.3 is 20.5 Å². The normalized spacial score (nSPS) is 16.0. The SMILES string of the molecule is CC(=O)N1CCN(c2cccc(-c3[nH]c(/C(N)=N\C=N)c(-c4cnn(C)c4)c3F)c2)C(=O)C1(C)C. The molecule has 182 valence electrons. The van der Waals surface area contributed by atoms with E-state index < -0.39 is 11.4 Å². The van der Waals surface area contributed by atoms with Gasteiger partial charge in [0.15, 0.2) is 5.82 Å². The van der Waals surface area contributed by atoms with Crippen LogP contribution in [0.4, 0.5) is 10.1 Å². The number of aryl methyl sites for hydroxylation is 1. The minimum atomic E-state index is -1.00. The molecule has 10 nitrogen and oxygen atoms in total. The molecule has 0 unspecified atom stereocenters. The maximum atomic E-state index is 15.8. The fourth-order valence-electron chi connectivity index (χ4n) is 4.48. The molecule has 1 aliphatic heterocycles. The third-order valence-corrected chi connectivity index (χ3v) is 6.21. The Hall–Kier alpha value is -4.28. The summed E-state index contributed by atoms with van der Waals surface area (Å²) in [5.41, 5.74) is 7.19. The molecule has 3 heterocycles. The second kappa shape index (κ2) is 8.82. The maximum absolute atomic E-state index is 15.8. The fourth-order valence-corrected chi connectivity index (χ4v) is 4.48. The molecule has 2 amide bonds. The number of carbonyl (C=O) groups excluding carboxylic acids is 2. The van der Waals surface area contributed by atoms with Crippen LogP contribution in [0.15, 0.2) is 41.7 Å². The van der Waals surface area contributed by atoms with Gasteiger partial charge >= 0.3 is 0 Å². The molecule has 0 radical (unpaired) electrons. The van der Waals surface area contributed by atoms with E-state index in [4.69, 9.17) is 11.1 Å². The third kappa shape index (κ3) is 4.09. The minimum Gasteiger partial charge on any atom is -0.382 e. The number of aliphatic imine (C=N–C) groups is 1. The maximum Gasteiger partial charge on any atom is 0.252 e. The zero-order valence-corrected chi connectivity index (χ0v) is 20.0. The Morgan fingerprint density at radius 1 is 1.31 bits per heavy atom. The van der Waals surface area contributed by atoms with Crippen molar-refractivity contribution in [3.05, 3.63) is 48.2 Å². The third-order valence-electron chi connectivity index (χ3n) is 6.21. The molecule has 1 aliphatic rings. The molecule has 3 aromatic rings. The van der Waals surface area contributed by atoms with Gasteiger partial charge in [-0.2, -0.15) is 5.10 Å². The van der Waals surface area contributed by atoms with Gasteiger partial charge in [-0.15, -0.1) is 0 Å². The van der Waals surface area contributed by atoms with E-state index in [1.807, 2.05) is 0 Å². The molecule has 1 saturated heterocycles. The Bertz CT molecular complexity index is 1350. The highest BCUT2D eigenvalue weighted by Gasteiger charge is 2.43. The second-order valence-corrected chi connectivity index (χ2v) is 8.85. The van der Waals surface area contributed by atoms with Crippen molar-refractivity contribution in [1.82, 2.24) is 19.7 Å². The summed E-state index contributed by atoms with van der Waals surface area (Å²) < 4.78 is 17.4. The Morgan fingerprint density at radius 2 is 2.06 bits per heavy atom. The number of hydrogen-bond donors (Lipinski definition) is 3. The first-order chi connectivity index (χ1) is 16.6. The molecule has 35 heavy (non-hydrogen) atoms. The van der Waals surface area contributed by atoms with Crippen molar-refractivity contribution in [2.75, 3.05) is 18.0 Å². The van der Waals surface area contributed by atoms with Crippen LogP contribution in [0.2, 0.25) is 0 Å². The fraction of sp³-hybridized carbons (Fsp3) is 0.292. The lowest BCUT2D eigenvalue weighted by molar-refractivity contribution is -0.145. The van der Waals surface area contributed by atoms with E-state index in [2.05, 4.69) is 15.1 Å². The summed E-state index contributed by atoms with van der Waals surface area (Å²) in [5.74, 6) is -0.981. The number of piperazine rings is 1. The van der Waals surface area contributed by atoms with Gasteiger partial charge in [0.2, 0.25) is 5.91 Å². The second-order valence-electron chi connectivity index (χ2n) is 8.85. The molecular formula is C24H27FN8O2. The first-order valence-electron chi connectivity index (χ1n) is 11.0. The lowest BCUT2D eigenvalue weighted by atomic mass is 9.96. The summed E-state index contributed by atoms with van der Waals surface area (Å²) in [5, 5.41) is 11.4. The highest BCUT2D eigenvalue weighted by Crippen LogP contribution is 2.36. The molecule has 2 aromatic heterocycles. The Labute approximate surface area is 201 Å². The van der Waals surface area contributed by atoms with E-state index in [0.717, 1.165) is 6.34 Å². The number of amidine groups is 1. The zero-order chi connectivity index (χ0) is 25.5. The molecule has 11 heteroatoms. The Morgan fingerprint density at radius 3 is 2.69 bits per heavy atom. The molecule has 0 bridgehead atoms. The van der Waals surface area contributed by atoms with E-state index in [-0.39, 0.29) is 34.6 Å². The first kappa shape index (κ1) is 23.9. The van der Waals surface area contributed by atoms with E-state index in [1.165, 1.54) is 13.1 Å². The van der Waals surface area contributed by atoms with Gasteiger partial charge in [0, 0.05) is 50.1 Å². The number of hydrogen-bond acceptors (Lipinski definition) is 4. The minimum absolute atomic E-state index is 0.0440. The number of nitrogens with two attached hydrogens (primary N) is 1. The largest absolute Gasteiger partial charge is 0.382 e. The van der Waals surface area contributed by atoms with Crippen molar-refractivity contribution in [1.29, 1.82) is 5.41 Å². The van der Waals surface area contributed by atoms with Gasteiger partial charge in [0.05, 0.1) is 23.1 Å². The smallest absolute Gasteiger partial charge is 0.252 e. The van der Waals surface area contributed by atoms with Crippen molar-refractivity contribution < 1.29 is 14.0 Å². The van der Waals surface area contributed by atoms with Gasteiger partial charge in [-0.1, -0.05) is 12.1 Å². The number of nitrogens with zero attached hydrogens (tertiary/aromatic N) is 5. The summed E-state index contributed by atoms with van der Waals surface area (Å²) in [6, 6.07) is 6.95. The molecule has 1 fully saturated rings. The number of aromatic amines is 1. The Kier molecular flexibility index (Phi) is 6.01. The van der Waals surface area contributed by atoms with Gasteiger partial charge in [-0.05, 0) is 26.0 Å². The number of H-pyrrole nitrogens is 1. The Balaban J connectivity index is 1.79. The number of carbonyl (C=O) groups is 2. The monoisotopic (exact) mass is 478 g/mol. The number of amides is 2. The molecule has 0 atom stereocenters. The van der Waals surface area contributed by atoms with Crippen LogP contribution in [0.25, 0.3) is 22.4 Å². The van der Waals surface area contributed by atoms with Crippen molar-refractivity contribution in [2.24, 2.45) is 17.8 Å². The number of anilines is 1. The number of halogens is 1. The predicted octanol–water partition coefficient (Wildman–Crippen LogP) is 2.51. The standard InChI is InChI=1S/C24H27FN8O2/c1-14(34)33-9-8-32(23(35)24(33,2)3)17-7-5-6-15(10-17)20-19(25)18(16-11-29-31(4)12-16)21(30-20)22(27)28-13-26/h5-7,10-13,30H,8-9H2,1-4H3,(H3,26,27,28). The molecule has 0 aliphatic carbocycles. The first-order valence-corrected chi connectivity index (χ1v) is 11.0. The summed E-state index contributed by atoms with van der Waals surface area (Å²) in [7, 11) is 1.72. The number of benzene rings is 1. The highest BCUT2D eigenvalue weighted by atomic mass is 19.1. The molecule has 1 aromatic carbocycles. The lowest BCUT2D eigenvalue weighted by Gasteiger charge is -2.45. The number of nitrogens with one attached hydrogen (secondary N) is 2. The summed E-state index contributed by atoms with van der Waals surface area (Å²) in [6.45, 7) is 5.60. The van der Waals surface area contributed by atoms with Gasteiger partial charge in [-0.3, -0.25) is 19.7 Å². The predicted molar refractivity (Wildman–Crippen MR) is 132 cm³/mol. The molecular weight excluding hydrogens is 451 g/mol. The average Bonchev–Trinajstić information content (AvgIpc) is 3.38. The van der Waals surface area contributed by atoms with Crippen LogP contribution >= 0.6 is 0 Å². The van der Waals surface area contributed by atoms with Crippen LogP contribution in [0.5, 0.6) is 0 Å². The summed E-state index contributed by atoms with van der Waals surface area (Å²) >= 11 is 0. The molecule has 0 saturated carbocycles. The average molecular weight is 479 g/mol. The van der Waals surface area contributed by atoms with E-state index in [0.29, 0.717) is 29.9 Å². The summed E-state index contributed by atoms with van der Waals surface area (Å²) in [4.78, 5) is 35.2. The van der Waals surface area contributed by atoms with Gasteiger partial charge in [0.25, 0.3) is 5.91 Å². The van der Waals surface area contributed by atoms with Crippen molar-refractivity contribution in [3.8, 4) is 22.4 Å². The van der Waals surface area contributed by atoms with Crippen molar-refractivity contribution in [2.45, 2.75) is 26.3 Å². The lowest BCUT2D eigenvalue weighted by Crippen LogP contribution is -2.64. The number of rotatable bonds is 5. The van der Waals surface area contributed by atoms with Gasteiger partial charge in [0.1, 0.15) is 17.7 Å². The molecule has 4 N–H and O–H groups in total. The van der Waals surface area contributed by atoms with Crippen molar-refractivity contribution >= 4 is 29.7 Å². The van der Waals surface area contributed by atoms with Crippen LogP contribution in [-0.2, 0) is 16.6 Å². The zero-order valence-electron chi connectivity index (χ0n) is 20.0. The van der Waals surface area contributed by atoms with E-state index in [9.17, 15) is 9.59 Å². The van der Waals surface area contributed by atoms with E-state index in [1.54, 1.807) is 65.8 Å². The molecule has 4 rings (SSSR count). The van der Waals surface area contributed by atoms with E-state index >= 15 is 4.39 Å². The topological polar surface area (TPSA) is 136 Å². The van der Waals surface area contributed by atoms with Crippen LogP contribution in [0.1, 0.15) is 26.5 Å². The quantitative estimate of drug-likeness (QED) is 0.383. The van der Waals surface area contributed by atoms with Crippen LogP contribution in [0, 0.1) is 11.2 Å². The van der Waals surface area contributed by atoms with Crippen LogP contribution in [0.3, 0.4) is 0 Å². The van der Waals surface area contributed by atoms with Gasteiger partial charge in [-0.25, -0.2) is 9.38 Å².